The Hall–Kier alpha value is -3.22. The van der Waals surface area contributed by atoms with Gasteiger partial charge < -0.3 is 24.8 Å². The summed E-state index contributed by atoms with van der Waals surface area (Å²) < 4.78 is 16.1. The first-order valence-electron chi connectivity index (χ1n) is 9.51. The van der Waals surface area contributed by atoms with E-state index in [-0.39, 0.29) is 30.6 Å². The highest BCUT2D eigenvalue weighted by Crippen LogP contribution is 2.32. The van der Waals surface area contributed by atoms with Crippen LogP contribution in [0, 0.1) is 0 Å². The van der Waals surface area contributed by atoms with Gasteiger partial charge in [-0.3, -0.25) is 9.59 Å². The van der Waals surface area contributed by atoms with Gasteiger partial charge in [-0.25, -0.2) is 0 Å². The molecule has 0 spiro atoms. The zero-order valence-corrected chi connectivity index (χ0v) is 16.9. The van der Waals surface area contributed by atoms with E-state index in [1.165, 1.54) is 5.56 Å². The summed E-state index contributed by atoms with van der Waals surface area (Å²) in [6.45, 7) is 7.19. The maximum Gasteiger partial charge on any atom is 0.251 e. The third-order valence-electron chi connectivity index (χ3n) is 4.46. The topological polar surface area (TPSA) is 85.9 Å². The highest BCUT2D eigenvalue weighted by molar-refractivity contribution is 5.97. The fraction of sp³-hybridized carbons (Fsp3) is 0.364. The Balaban J connectivity index is 1.35. The van der Waals surface area contributed by atoms with Gasteiger partial charge in [0.2, 0.25) is 12.7 Å². The highest BCUT2D eigenvalue weighted by Gasteiger charge is 2.16. The van der Waals surface area contributed by atoms with E-state index in [1.54, 1.807) is 18.2 Å². The number of benzene rings is 2. The molecular formula is C22H26N2O5. The molecule has 0 fully saturated rings. The van der Waals surface area contributed by atoms with E-state index in [2.05, 4.69) is 31.4 Å². The minimum absolute atomic E-state index is 0.0948. The Bertz CT molecular complexity index is 872. The molecule has 2 aromatic rings. The largest absolute Gasteiger partial charge is 0.492 e. The number of carbonyl (C=O) groups excluding carboxylic acids is 2. The van der Waals surface area contributed by atoms with E-state index < -0.39 is 0 Å². The first kappa shape index (κ1) is 20.5. The molecule has 0 radical (unpaired) electrons. The Morgan fingerprint density at radius 3 is 2.45 bits per heavy atom. The summed E-state index contributed by atoms with van der Waals surface area (Å²) in [5.74, 6) is 1.24. The van der Waals surface area contributed by atoms with Gasteiger partial charge >= 0.3 is 0 Å². The van der Waals surface area contributed by atoms with Crippen molar-refractivity contribution in [1.82, 2.24) is 10.6 Å². The van der Waals surface area contributed by atoms with Crippen molar-refractivity contribution in [3.05, 3.63) is 53.6 Å². The number of ether oxygens (including phenoxy) is 3. The number of hydrogen-bond donors (Lipinski definition) is 2. The van der Waals surface area contributed by atoms with E-state index in [1.807, 2.05) is 24.3 Å². The SMILES string of the molecule is CC(C)(C)c1ccc(OCCNC(=O)CNC(=O)c2ccc3c(c2)OCO3)cc1. The summed E-state index contributed by atoms with van der Waals surface area (Å²) in [7, 11) is 0. The van der Waals surface area contributed by atoms with Gasteiger partial charge in [0.1, 0.15) is 12.4 Å². The molecular weight excluding hydrogens is 372 g/mol. The molecule has 0 aliphatic carbocycles. The molecule has 0 saturated heterocycles. The molecule has 7 nitrogen and oxygen atoms in total. The molecule has 0 unspecified atom stereocenters. The molecule has 3 rings (SSSR count). The number of fused-ring (bicyclic) bond motifs is 1. The average molecular weight is 398 g/mol. The van der Waals surface area contributed by atoms with E-state index in [0.717, 1.165) is 5.75 Å². The first-order chi connectivity index (χ1) is 13.8. The molecule has 0 aromatic heterocycles. The maximum absolute atomic E-state index is 12.1. The van der Waals surface area contributed by atoms with Gasteiger partial charge in [-0.15, -0.1) is 0 Å². The molecule has 2 amide bonds. The maximum atomic E-state index is 12.1. The lowest BCUT2D eigenvalue weighted by Gasteiger charge is -2.19. The number of carbonyl (C=O) groups is 2. The second-order valence-corrected chi connectivity index (χ2v) is 7.72. The van der Waals surface area contributed by atoms with Gasteiger partial charge in [0, 0.05) is 5.56 Å². The minimum atomic E-state index is -0.353. The number of rotatable bonds is 7. The van der Waals surface area contributed by atoms with E-state index in [4.69, 9.17) is 14.2 Å². The zero-order chi connectivity index (χ0) is 20.9. The summed E-state index contributed by atoms with van der Waals surface area (Å²) in [5, 5.41) is 5.29. The molecule has 1 aliphatic heterocycles. The third-order valence-corrected chi connectivity index (χ3v) is 4.46. The van der Waals surface area contributed by atoms with Crippen LogP contribution in [0.1, 0.15) is 36.7 Å². The van der Waals surface area contributed by atoms with Gasteiger partial charge in [-0.05, 0) is 41.3 Å². The van der Waals surface area contributed by atoms with Crippen LogP contribution >= 0.6 is 0 Å². The smallest absolute Gasteiger partial charge is 0.251 e. The Labute approximate surface area is 170 Å². The normalized spacial score (nSPS) is 12.4. The molecule has 7 heteroatoms. The first-order valence-corrected chi connectivity index (χ1v) is 9.51. The van der Waals surface area contributed by atoms with Crippen molar-refractivity contribution >= 4 is 11.8 Å². The van der Waals surface area contributed by atoms with Gasteiger partial charge in [0.25, 0.3) is 5.91 Å². The highest BCUT2D eigenvalue weighted by atomic mass is 16.7. The Morgan fingerprint density at radius 1 is 1.00 bits per heavy atom. The van der Waals surface area contributed by atoms with Crippen LogP contribution in [0.4, 0.5) is 0 Å². The molecule has 0 bridgehead atoms. The monoisotopic (exact) mass is 398 g/mol. The quantitative estimate of drug-likeness (QED) is 0.701. The van der Waals surface area contributed by atoms with Gasteiger partial charge in [0.05, 0.1) is 13.1 Å². The van der Waals surface area contributed by atoms with Crippen molar-refractivity contribution in [1.29, 1.82) is 0 Å². The molecule has 0 saturated carbocycles. The number of nitrogens with one attached hydrogen (secondary N) is 2. The summed E-state index contributed by atoms with van der Waals surface area (Å²) in [6, 6.07) is 12.8. The molecule has 1 heterocycles. The lowest BCUT2D eigenvalue weighted by Crippen LogP contribution is -2.38. The molecule has 0 atom stereocenters. The van der Waals surface area contributed by atoms with Gasteiger partial charge in [0.15, 0.2) is 11.5 Å². The standard InChI is InChI=1S/C22H26N2O5/c1-22(2,3)16-5-7-17(8-6-16)27-11-10-23-20(25)13-24-21(26)15-4-9-18-19(12-15)29-14-28-18/h4-9,12H,10-11,13-14H2,1-3H3,(H,23,25)(H,24,26). The number of hydrogen-bond acceptors (Lipinski definition) is 5. The summed E-state index contributed by atoms with van der Waals surface area (Å²) >= 11 is 0. The molecule has 2 N–H and O–H groups in total. The van der Waals surface area contributed by atoms with Crippen molar-refractivity contribution in [3.63, 3.8) is 0 Å². The fourth-order valence-electron chi connectivity index (χ4n) is 2.77. The van der Waals surface area contributed by atoms with Crippen LogP contribution < -0.4 is 24.8 Å². The van der Waals surface area contributed by atoms with Crippen LogP contribution in [0.15, 0.2) is 42.5 Å². The van der Waals surface area contributed by atoms with Crippen molar-refractivity contribution in [3.8, 4) is 17.2 Å². The van der Waals surface area contributed by atoms with Crippen LogP contribution in [0.5, 0.6) is 17.2 Å². The average Bonchev–Trinajstić information content (AvgIpc) is 3.17. The Morgan fingerprint density at radius 2 is 1.72 bits per heavy atom. The van der Waals surface area contributed by atoms with Crippen LogP contribution in [0.25, 0.3) is 0 Å². The second-order valence-electron chi connectivity index (χ2n) is 7.72. The second kappa shape index (κ2) is 8.86. The van der Waals surface area contributed by atoms with Crippen molar-refractivity contribution < 1.29 is 23.8 Å². The minimum Gasteiger partial charge on any atom is -0.492 e. The summed E-state index contributed by atoms with van der Waals surface area (Å²) in [4.78, 5) is 24.1. The van der Waals surface area contributed by atoms with Crippen LogP contribution in [-0.2, 0) is 10.2 Å². The van der Waals surface area contributed by atoms with E-state index in [9.17, 15) is 9.59 Å². The van der Waals surface area contributed by atoms with Crippen LogP contribution in [0.3, 0.4) is 0 Å². The molecule has 29 heavy (non-hydrogen) atoms. The van der Waals surface area contributed by atoms with E-state index in [0.29, 0.717) is 30.2 Å². The van der Waals surface area contributed by atoms with Crippen molar-refractivity contribution in [2.45, 2.75) is 26.2 Å². The van der Waals surface area contributed by atoms with E-state index >= 15 is 0 Å². The Kier molecular flexibility index (Phi) is 6.26. The molecule has 1 aliphatic rings. The van der Waals surface area contributed by atoms with Crippen molar-refractivity contribution in [2.75, 3.05) is 26.5 Å². The van der Waals surface area contributed by atoms with Gasteiger partial charge in [-0.1, -0.05) is 32.9 Å². The lowest BCUT2D eigenvalue weighted by atomic mass is 9.87. The molecule has 2 aromatic carbocycles. The molecule has 154 valence electrons. The summed E-state index contributed by atoms with van der Waals surface area (Å²) in [6.07, 6.45) is 0. The fourth-order valence-corrected chi connectivity index (χ4v) is 2.77. The predicted molar refractivity (Wildman–Crippen MR) is 109 cm³/mol. The number of amides is 2. The van der Waals surface area contributed by atoms with Crippen LogP contribution in [0.2, 0.25) is 0 Å². The van der Waals surface area contributed by atoms with Crippen molar-refractivity contribution in [2.24, 2.45) is 0 Å². The zero-order valence-electron chi connectivity index (χ0n) is 16.9. The van der Waals surface area contributed by atoms with Crippen LogP contribution in [-0.4, -0.2) is 38.3 Å². The third kappa shape index (κ3) is 5.63. The summed E-state index contributed by atoms with van der Waals surface area (Å²) in [5.41, 5.74) is 1.73. The predicted octanol–water partition coefficient (Wildman–Crippen LogP) is 2.64. The lowest BCUT2D eigenvalue weighted by molar-refractivity contribution is -0.120. The van der Waals surface area contributed by atoms with Gasteiger partial charge in [-0.2, -0.15) is 0 Å².